The molecular formula is C21H25F4N5O5. The summed E-state index contributed by atoms with van der Waals surface area (Å²) in [5, 5.41) is 19.9. The summed E-state index contributed by atoms with van der Waals surface area (Å²) in [7, 11) is 5.45. The molecule has 14 heteroatoms. The van der Waals surface area contributed by atoms with Crippen LogP contribution in [0.2, 0.25) is 0 Å². The van der Waals surface area contributed by atoms with Gasteiger partial charge < -0.3 is 20.4 Å². The summed E-state index contributed by atoms with van der Waals surface area (Å²) in [6.07, 6.45) is -5.08. The zero-order chi connectivity index (χ0) is 26.5. The second-order valence-electron chi connectivity index (χ2n) is 7.90. The van der Waals surface area contributed by atoms with Gasteiger partial charge in [0.2, 0.25) is 5.75 Å². The molecule has 1 aromatic carbocycles. The van der Waals surface area contributed by atoms with Crippen LogP contribution in [-0.4, -0.2) is 81.3 Å². The Hall–Kier alpha value is -3.52. The van der Waals surface area contributed by atoms with Crippen LogP contribution in [0.1, 0.15) is 27.9 Å². The summed E-state index contributed by atoms with van der Waals surface area (Å²) < 4.78 is 46.0. The van der Waals surface area contributed by atoms with Crippen LogP contribution >= 0.6 is 0 Å². The lowest BCUT2D eigenvalue weighted by molar-refractivity contribution is -0.192. The highest BCUT2D eigenvalue weighted by Crippen LogP contribution is 2.22. The average Bonchev–Trinajstić information content (AvgIpc) is 2.79. The van der Waals surface area contributed by atoms with Gasteiger partial charge in [-0.05, 0) is 31.8 Å². The molecule has 1 aliphatic heterocycles. The number of aliphatic carboxylic acids is 1. The first-order valence-corrected chi connectivity index (χ1v) is 10.2. The van der Waals surface area contributed by atoms with Gasteiger partial charge in [0.25, 0.3) is 11.5 Å². The lowest BCUT2D eigenvalue weighted by Gasteiger charge is -2.37. The van der Waals surface area contributed by atoms with Crippen molar-refractivity contribution in [2.24, 2.45) is 7.05 Å². The maximum atomic E-state index is 13.0. The number of likely N-dealkylation sites (N-methyl/N-ethyl adjacent to an activating group) is 2. The minimum atomic E-state index is -5.08. The topological polar surface area (TPSA) is 128 Å². The van der Waals surface area contributed by atoms with Gasteiger partial charge in [-0.1, -0.05) is 12.1 Å². The van der Waals surface area contributed by atoms with Crippen molar-refractivity contribution in [2.45, 2.75) is 18.8 Å². The van der Waals surface area contributed by atoms with E-state index in [0.29, 0.717) is 17.9 Å². The number of benzene rings is 1. The molecule has 10 nitrogen and oxygen atoms in total. The number of nitrogens with zero attached hydrogens (tertiary/aromatic N) is 4. The SMILES string of the molecule is CN1CCN(C)C(c2nc(C(=O)NCc3ccc(F)cc3)c(O)c(=O)n2C)C1.O=C(O)C(F)(F)F. The van der Waals surface area contributed by atoms with Crippen LogP contribution in [0.5, 0.6) is 5.75 Å². The highest BCUT2D eigenvalue weighted by molar-refractivity contribution is 5.94. The summed E-state index contributed by atoms with van der Waals surface area (Å²) in [6, 6.07) is 5.50. The standard InChI is InChI=1S/C19H24FN5O3.C2HF3O2/c1-23-8-9-24(2)14(11-23)17-22-15(16(26)19(28)25(17)3)18(27)21-10-12-4-6-13(20)7-5-12;3-2(4,5)1(6)7/h4-7,14,26H,8-11H2,1-3H3,(H,21,27);(H,6,7). The van der Waals surface area contributed by atoms with Gasteiger partial charge in [-0.2, -0.15) is 13.2 Å². The van der Waals surface area contributed by atoms with E-state index in [-0.39, 0.29) is 24.1 Å². The van der Waals surface area contributed by atoms with E-state index in [9.17, 15) is 32.3 Å². The Morgan fingerprint density at radius 1 is 1.14 bits per heavy atom. The third kappa shape index (κ3) is 7.23. The van der Waals surface area contributed by atoms with Gasteiger partial charge in [0.1, 0.15) is 11.6 Å². The minimum absolute atomic E-state index is 0.122. The molecule has 3 N–H and O–H groups in total. The highest BCUT2D eigenvalue weighted by Gasteiger charge is 2.38. The maximum Gasteiger partial charge on any atom is 0.490 e. The van der Waals surface area contributed by atoms with E-state index in [1.54, 1.807) is 12.1 Å². The summed E-state index contributed by atoms with van der Waals surface area (Å²) in [4.78, 5) is 42.5. The van der Waals surface area contributed by atoms with Crippen LogP contribution in [0.3, 0.4) is 0 Å². The monoisotopic (exact) mass is 503 g/mol. The fraction of sp³-hybridized carbons (Fsp3) is 0.429. The molecule has 0 bridgehead atoms. The molecule has 0 radical (unpaired) electrons. The fourth-order valence-corrected chi connectivity index (χ4v) is 3.22. The minimum Gasteiger partial charge on any atom is -0.501 e. The molecule has 0 spiro atoms. The molecule has 192 valence electrons. The summed E-state index contributed by atoms with van der Waals surface area (Å²) in [5.74, 6) is -4.05. The Kier molecular flexibility index (Phi) is 8.93. The molecule has 3 rings (SSSR count). The molecule has 2 aromatic rings. The number of hydrogen-bond donors (Lipinski definition) is 3. The number of carboxylic acids is 1. The third-order valence-electron chi connectivity index (χ3n) is 5.27. The van der Waals surface area contributed by atoms with Gasteiger partial charge >= 0.3 is 12.1 Å². The largest absolute Gasteiger partial charge is 0.501 e. The number of aromatic hydroxyl groups is 1. The lowest BCUT2D eigenvalue weighted by atomic mass is 10.1. The number of carbonyl (C=O) groups excluding carboxylic acids is 1. The van der Waals surface area contributed by atoms with E-state index in [2.05, 4.69) is 20.1 Å². The number of aromatic nitrogens is 2. The van der Waals surface area contributed by atoms with Gasteiger partial charge in [-0.3, -0.25) is 19.1 Å². The van der Waals surface area contributed by atoms with Crippen molar-refractivity contribution in [1.82, 2.24) is 24.7 Å². The van der Waals surface area contributed by atoms with Crippen molar-refractivity contribution in [2.75, 3.05) is 33.7 Å². The van der Waals surface area contributed by atoms with Gasteiger partial charge in [-0.15, -0.1) is 0 Å². The van der Waals surface area contributed by atoms with Gasteiger partial charge in [0, 0.05) is 33.2 Å². The van der Waals surface area contributed by atoms with Crippen molar-refractivity contribution in [3.05, 3.63) is 57.5 Å². The first-order valence-electron chi connectivity index (χ1n) is 10.2. The number of halogens is 4. The molecule has 1 fully saturated rings. The number of alkyl halides is 3. The average molecular weight is 503 g/mol. The molecule has 1 amide bonds. The van der Waals surface area contributed by atoms with Gasteiger partial charge in [-0.25, -0.2) is 14.2 Å². The van der Waals surface area contributed by atoms with Crippen molar-refractivity contribution in [1.29, 1.82) is 0 Å². The molecule has 1 saturated heterocycles. The molecule has 0 aliphatic carbocycles. The number of piperazine rings is 1. The number of amides is 1. The molecule has 2 heterocycles. The zero-order valence-corrected chi connectivity index (χ0v) is 19.1. The van der Waals surface area contributed by atoms with E-state index in [4.69, 9.17) is 9.90 Å². The first kappa shape index (κ1) is 27.7. The van der Waals surface area contributed by atoms with Crippen LogP contribution < -0.4 is 10.9 Å². The molecule has 1 atom stereocenters. The van der Waals surface area contributed by atoms with Crippen LogP contribution in [0, 0.1) is 5.82 Å². The van der Waals surface area contributed by atoms with E-state index < -0.39 is 29.4 Å². The molecule has 1 unspecified atom stereocenters. The number of rotatable bonds is 4. The van der Waals surface area contributed by atoms with Gasteiger partial charge in [0.15, 0.2) is 5.69 Å². The Balaban J connectivity index is 0.000000540. The summed E-state index contributed by atoms with van der Waals surface area (Å²) in [6.45, 7) is 2.46. The van der Waals surface area contributed by atoms with Crippen molar-refractivity contribution >= 4 is 11.9 Å². The van der Waals surface area contributed by atoms with E-state index in [0.717, 1.165) is 13.1 Å². The quantitative estimate of drug-likeness (QED) is 0.530. The number of carbonyl (C=O) groups is 2. The van der Waals surface area contributed by atoms with Crippen molar-refractivity contribution in [3.63, 3.8) is 0 Å². The zero-order valence-electron chi connectivity index (χ0n) is 19.1. The van der Waals surface area contributed by atoms with Crippen LogP contribution in [-0.2, 0) is 18.4 Å². The van der Waals surface area contributed by atoms with Crippen molar-refractivity contribution < 1.29 is 37.4 Å². The highest BCUT2D eigenvalue weighted by atomic mass is 19.4. The van der Waals surface area contributed by atoms with E-state index >= 15 is 0 Å². The fourth-order valence-electron chi connectivity index (χ4n) is 3.22. The summed E-state index contributed by atoms with van der Waals surface area (Å²) in [5.41, 5.74) is -0.285. The van der Waals surface area contributed by atoms with E-state index in [1.807, 2.05) is 14.1 Å². The van der Waals surface area contributed by atoms with E-state index in [1.165, 1.54) is 23.7 Å². The Bertz CT molecular complexity index is 1120. The lowest BCUT2D eigenvalue weighted by Crippen LogP contribution is -2.47. The van der Waals surface area contributed by atoms with Crippen LogP contribution in [0.15, 0.2) is 29.1 Å². The predicted octanol–water partition coefficient (Wildman–Crippen LogP) is 1.11. The Labute approximate surface area is 197 Å². The second kappa shape index (κ2) is 11.3. The third-order valence-corrected chi connectivity index (χ3v) is 5.27. The first-order chi connectivity index (χ1) is 16.2. The van der Waals surface area contributed by atoms with Crippen LogP contribution in [0.4, 0.5) is 17.6 Å². The molecular weight excluding hydrogens is 478 g/mol. The van der Waals surface area contributed by atoms with Crippen LogP contribution in [0.25, 0.3) is 0 Å². The second-order valence-corrected chi connectivity index (χ2v) is 7.90. The number of nitrogens with one attached hydrogen (secondary N) is 1. The normalized spacial score (nSPS) is 16.8. The Morgan fingerprint density at radius 3 is 2.26 bits per heavy atom. The molecule has 1 aromatic heterocycles. The summed E-state index contributed by atoms with van der Waals surface area (Å²) >= 11 is 0. The number of carboxylic acid groups (broad SMARTS) is 1. The maximum absolute atomic E-state index is 13.0. The number of hydrogen-bond acceptors (Lipinski definition) is 7. The predicted molar refractivity (Wildman–Crippen MR) is 115 cm³/mol. The van der Waals surface area contributed by atoms with Crippen molar-refractivity contribution in [3.8, 4) is 5.75 Å². The molecule has 35 heavy (non-hydrogen) atoms. The van der Waals surface area contributed by atoms with Gasteiger partial charge in [0.05, 0.1) is 6.04 Å². The Morgan fingerprint density at radius 2 is 1.71 bits per heavy atom. The smallest absolute Gasteiger partial charge is 0.490 e. The molecule has 0 saturated carbocycles. The molecule has 1 aliphatic rings.